The molecule has 0 fully saturated rings. The first kappa shape index (κ1) is 13.4. The third-order valence-corrected chi connectivity index (χ3v) is 4.45. The van der Waals surface area contributed by atoms with E-state index in [1.165, 1.54) is 16.7 Å². The van der Waals surface area contributed by atoms with E-state index in [0.29, 0.717) is 0 Å². The minimum atomic E-state index is 0.719. The summed E-state index contributed by atoms with van der Waals surface area (Å²) >= 11 is 7.64. The number of fused-ring (bicyclic) bond motifs is 1. The van der Waals surface area contributed by atoms with Gasteiger partial charge in [0.25, 0.3) is 0 Å². The van der Waals surface area contributed by atoms with Crippen molar-refractivity contribution in [3.63, 3.8) is 0 Å². The van der Waals surface area contributed by atoms with Gasteiger partial charge in [0.15, 0.2) is 5.13 Å². The van der Waals surface area contributed by atoms with Crippen molar-refractivity contribution in [2.45, 2.75) is 20.8 Å². The Morgan fingerprint density at radius 1 is 1.05 bits per heavy atom. The highest BCUT2D eigenvalue weighted by atomic mass is 35.5. The van der Waals surface area contributed by atoms with E-state index in [2.05, 4.69) is 43.2 Å². The van der Waals surface area contributed by atoms with Gasteiger partial charge >= 0.3 is 0 Å². The number of hydrogen-bond acceptors (Lipinski definition) is 3. The predicted molar refractivity (Wildman–Crippen MR) is 88.6 cm³/mol. The second-order valence-electron chi connectivity index (χ2n) is 5.03. The van der Waals surface area contributed by atoms with Crippen LogP contribution in [0.5, 0.6) is 0 Å². The molecule has 0 saturated carbocycles. The number of anilines is 2. The van der Waals surface area contributed by atoms with Gasteiger partial charge in [0, 0.05) is 10.7 Å². The summed E-state index contributed by atoms with van der Waals surface area (Å²) in [6.07, 6.45) is 0. The number of hydrogen-bond donors (Lipinski definition) is 1. The number of rotatable bonds is 2. The summed E-state index contributed by atoms with van der Waals surface area (Å²) in [4.78, 5) is 4.60. The lowest BCUT2D eigenvalue weighted by atomic mass is 10.1. The van der Waals surface area contributed by atoms with Gasteiger partial charge in [0.1, 0.15) is 0 Å². The lowest BCUT2D eigenvalue weighted by Crippen LogP contribution is -1.96. The highest BCUT2D eigenvalue weighted by Crippen LogP contribution is 2.32. The van der Waals surface area contributed by atoms with Gasteiger partial charge in [-0.2, -0.15) is 0 Å². The maximum absolute atomic E-state index is 6.00. The molecule has 2 nitrogen and oxygen atoms in total. The van der Waals surface area contributed by atoms with E-state index in [9.17, 15) is 0 Å². The molecule has 1 N–H and O–H groups in total. The Bertz CT molecular complexity index is 769. The first-order valence-electron chi connectivity index (χ1n) is 6.44. The number of aromatic nitrogens is 1. The van der Waals surface area contributed by atoms with Crippen LogP contribution in [0.15, 0.2) is 30.3 Å². The van der Waals surface area contributed by atoms with Crippen LogP contribution in [-0.4, -0.2) is 4.98 Å². The molecule has 2 aromatic carbocycles. The first-order chi connectivity index (χ1) is 9.52. The zero-order valence-corrected chi connectivity index (χ0v) is 13.2. The number of benzene rings is 2. The van der Waals surface area contributed by atoms with Gasteiger partial charge in [-0.25, -0.2) is 4.98 Å². The summed E-state index contributed by atoms with van der Waals surface area (Å²) in [5.74, 6) is 0. The second kappa shape index (κ2) is 5.08. The van der Waals surface area contributed by atoms with Crippen molar-refractivity contribution in [2.75, 3.05) is 5.32 Å². The normalized spacial score (nSPS) is 11.0. The Morgan fingerprint density at radius 3 is 2.45 bits per heavy atom. The molecule has 0 amide bonds. The standard InChI is InChI=1S/C16H15ClN2S/c1-9-6-10(2)15(11(3)7-9)19-16-18-13-8-12(17)4-5-14(13)20-16/h4-8H,1-3H3,(H,18,19). The van der Waals surface area contributed by atoms with Crippen molar-refractivity contribution in [1.82, 2.24) is 4.98 Å². The smallest absolute Gasteiger partial charge is 0.188 e. The molecule has 1 aromatic heterocycles. The number of nitrogens with one attached hydrogen (secondary N) is 1. The lowest BCUT2D eigenvalue weighted by molar-refractivity contribution is 1.30. The molecule has 0 bridgehead atoms. The summed E-state index contributed by atoms with van der Waals surface area (Å²) in [6, 6.07) is 10.2. The highest BCUT2D eigenvalue weighted by molar-refractivity contribution is 7.22. The average Bonchev–Trinajstić information content (AvgIpc) is 2.75. The zero-order valence-electron chi connectivity index (χ0n) is 11.6. The molecular formula is C16H15ClN2S. The molecule has 0 aliphatic heterocycles. The van der Waals surface area contributed by atoms with E-state index in [1.807, 2.05) is 18.2 Å². The van der Waals surface area contributed by atoms with E-state index < -0.39 is 0 Å². The average molecular weight is 303 g/mol. The maximum Gasteiger partial charge on any atom is 0.188 e. The zero-order chi connectivity index (χ0) is 14.3. The van der Waals surface area contributed by atoms with Crippen molar-refractivity contribution in [3.8, 4) is 0 Å². The fourth-order valence-corrected chi connectivity index (χ4v) is 3.46. The number of halogens is 1. The minimum Gasteiger partial charge on any atom is -0.331 e. The molecule has 0 saturated heterocycles. The molecule has 3 rings (SSSR count). The third-order valence-electron chi connectivity index (χ3n) is 3.26. The first-order valence-corrected chi connectivity index (χ1v) is 7.63. The molecule has 0 spiro atoms. The Balaban J connectivity index is 2.01. The fourth-order valence-electron chi connectivity index (χ4n) is 2.44. The molecule has 102 valence electrons. The summed E-state index contributed by atoms with van der Waals surface area (Å²) in [6.45, 7) is 6.35. The molecule has 0 unspecified atom stereocenters. The predicted octanol–water partition coefficient (Wildman–Crippen LogP) is 5.62. The Labute approximate surface area is 127 Å². The maximum atomic E-state index is 6.00. The second-order valence-corrected chi connectivity index (χ2v) is 6.50. The summed E-state index contributed by atoms with van der Waals surface area (Å²) < 4.78 is 1.14. The number of thiazole rings is 1. The van der Waals surface area contributed by atoms with Gasteiger partial charge in [0.05, 0.1) is 10.2 Å². The quantitative estimate of drug-likeness (QED) is 0.664. The van der Waals surface area contributed by atoms with Crippen LogP contribution < -0.4 is 5.32 Å². The van der Waals surface area contributed by atoms with Crippen molar-refractivity contribution in [1.29, 1.82) is 0 Å². The van der Waals surface area contributed by atoms with Gasteiger partial charge in [-0.3, -0.25) is 0 Å². The van der Waals surface area contributed by atoms with Crippen LogP contribution in [0.1, 0.15) is 16.7 Å². The van der Waals surface area contributed by atoms with Gasteiger partial charge < -0.3 is 5.32 Å². The number of aryl methyl sites for hydroxylation is 3. The van der Waals surface area contributed by atoms with Crippen LogP contribution in [0, 0.1) is 20.8 Å². The van der Waals surface area contributed by atoms with Crippen LogP contribution in [-0.2, 0) is 0 Å². The molecule has 20 heavy (non-hydrogen) atoms. The third kappa shape index (κ3) is 2.51. The molecule has 0 aliphatic carbocycles. The summed E-state index contributed by atoms with van der Waals surface area (Å²) in [7, 11) is 0. The number of nitrogens with zero attached hydrogens (tertiary/aromatic N) is 1. The Kier molecular flexibility index (Phi) is 3.40. The monoisotopic (exact) mass is 302 g/mol. The Hall–Kier alpha value is -1.58. The van der Waals surface area contributed by atoms with Crippen molar-refractivity contribution in [3.05, 3.63) is 52.0 Å². The van der Waals surface area contributed by atoms with E-state index >= 15 is 0 Å². The van der Waals surface area contributed by atoms with Crippen molar-refractivity contribution in [2.24, 2.45) is 0 Å². The van der Waals surface area contributed by atoms with Gasteiger partial charge in [0.2, 0.25) is 0 Å². The molecule has 0 radical (unpaired) electrons. The lowest BCUT2D eigenvalue weighted by Gasteiger charge is -2.11. The van der Waals surface area contributed by atoms with Crippen LogP contribution in [0.4, 0.5) is 10.8 Å². The van der Waals surface area contributed by atoms with Crippen molar-refractivity contribution >= 4 is 44.0 Å². The van der Waals surface area contributed by atoms with Crippen LogP contribution in [0.2, 0.25) is 5.02 Å². The molecule has 4 heteroatoms. The SMILES string of the molecule is Cc1cc(C)c(Nc2nc3cc(Cl)ccc3s2)c(C)c1. The molecular weight excluding hydrogens is 288 g/mol. The summed E-state index contributed by atoms with van der Waals surface area (Å²) in [5.41, 5.74) is 5.83. The van der Waals surface area contributed by atoms with E-state index in [-0.39, 0.29) is 0 Å². The fraction of sp³-hybridized carbons (Fsp3) is 0.188. The molecule has 1 heterocycles. The van der Waals surface area contributed by atoms with Gasteiger partial charge in [-0.15, -0.1) is 0 Å². The largest absolute Gasteiger partial charge is 0.331 e. The van der Waals surface area contributed by atoms with E-state index in [4.69, 9.17) is 11.6 Å². The topological polar surface area (TPSA) is 24.9 Å². The van der Waals surface area contributed by atoms with E-state index in [1.54, 1.807) is 11.3 Å². The molecule has 0 atom stereocenters. The molecule has 3 aromatic rings. The Morgan fingerprint density at radius 2 is 1.75 bits per heavy atom. The van der Waals surface area contributed by atoms with Crippen LogP contribution >= 0.6 is 22.9 Å². The van der Waals surface area contributed by atoms with Crippen molar-refractivity contribution < 1.29 is 0 Å². The van der Waals surface area contributed by atoms with Gasteiger partial charge in [-0.05, 0) is 50.1 Å². The molecule has 0 aliphatic rings. The highest BCUT2D eigenvalue weighted by Gasteiger charge is 2.08. The minimum absolute atomic E-state index is 0.719. The van der Waals surface area contributed by atoms with Crippen LogP contribution in [0.3, 0.4) is 0 Å². The summed E-state index contributed by atoms with van der Waals surface area (Å²) in [5, 5.41) is 5.06. The van der Waals surface area contributed by atoms with E-state index in [0.717, 1.165) is 26.1 Å². The van der Waals surface area contributed by atoms with Crippen LogP contribution in [0.25, 0.3) is 10.2 Å². The van der Waals surface area contributed by atoms with Gasteiger partial charge in [-0.1, -0.05) is 40.6 Å².